The highest BCUT2D eigenvalue weighted by Crippen LogP contribution is 2.09. The molecule has 1 atom stereocenters. The van der Waals surface area contributed by atoms with Crippen molar-refractivity contribution in [1.29, 1.82) is 0 Å². The fraction of sp³-hybridized carbons (Fsp3) is 0.389. The van der Waals surface area contributed by atoms with Crippen LogP contribution in [0.2, 0.25) is 0 Å². The molecule has 0 bridgehead atoms. The molecule has 0 aliphatic rings. The SMILES string of the molecule is C=C/C=C(\C=NC(CO)CCCC)Cc1ccccc1. The molecule has 0 amide bonds. The molecule has 0 saturated carbocycles. The number of hydrogen-bond acceptors (Lipinski definition) is 2. The van der Waals surface area contributed by atoms with Gasteiger partial charge in [0.2, 0.25) is 0 Å². The number of aliphatic hydroxyl groups excluding tert-OH is 1. The number of hydrogen-bond donors (Lipinski definition) is 1. The molecule has 0 fully saturated rings. The summed E-state index contributed by atoms with van der Waals surface area (Å²) in [5.41, 5.74) is 2.36. The lowest BCUT2D eigenvalue weighted by Crippen LogP contribution is -2.10. The minimum atomic E-state index is 0.0129. The van der Waals surface area contributed by atoms with Crippen molar-refractivity contribution in [1.82, 2.24) is 0 Å². The molecule has 0 aromatic heterocycles. The first-order valence-corrected chi connectivity index (χ1v) is 7.29. The molecule has 0 saturated heterocycles. The van der Waals surface area contributed by atoms with E-state index in [0.29, 0.717) is 0 Å². The second kappa shape index (κ2) is 10.2. The summed E-state index contributed by atoms with van der Waals surface area (Å²) >= 11 is 0. The third kappa shape index (κ3) is 6.48. The molecule has 108 valence electrons. The first-order valence-electron chi connectivity index (χ1n) is 7.29. The van der Waals surface area contributed by atoms with Crippen molar-refractivity contribution in [2.75, 3.05) is 6.61 Å². The van der Waals surface area contributed by atoms with E-state index in [1.165, 1.54) is 5.56 Å². The summed E-state index contributed by atoms with van der Waals surface area (Å²) < 4.78 is 0. The molecule has 20 heavy (non-hydrogen) atoms. The first kappa shape index (κ1) is 16.4. The Hall–Kier alpha value is -1.67. The van der Waals surface area contributed by atoms with E-state index in [-0.39, 0.29) is 12.6 Å². The van der Waals surface area contributed by atoms with Crippen molar-refractivity contribution >= 4 is 6.21 Å². The zero-order valence-corrected chi connectivity index (χ0v) is 12.3. The van der Waals surface area contributed by atoms with Crippen molar-refractivity contribution in [2.24, 2.45) is 4.99 Å². The summed E-state index contributed by atoms with van der Waals surface area (Å²) in [4.78, 5) is 4.50. The summed E-state index contributed by atoms with van der Waals surface area (Å²) in [6.45, 7) is 6.02. The van der Waals surface area contributed by atoms with Crippen molar-refractivity contribution in [3.05, 3.63) is 60.2 Å². The average Bonchev–Trinajstić information content (AvgIpc) is 2.48. The fourth-order valence-corrected chi connectivity index (χ4v) is 1.98. The quantitative estimate of drug-likeness (QED) is 0.535. The van der Waals surface area contributed by atoms with Crippen LogP contribution in [0.4, 0.5) is 0 Å². The molecule has 2 heteroatoms. The summed E-state index contributed by atoms with van der Waals surface area (Å²) in [7, 11) is 0. The monoisotopic (exact) mass is 271 g/mol. The molecular formula is C18H25NO. The maximum atomic E-state index is 9.33. The van der Waals surface area contributed by atoms with Gasteiger partial charge in [0, 0.05) is 6.21 Å². The number of aliphatic imine (C=N–C) groups is 1. The van der Waals surface area contributed by atoms with E-state index in [1.807, 2.05) is 30.5 Å². The Kier molecular flexibility index (Phi) is 8.32. The maximum Gasteiger partial charge on any atom is 0.0730 e. The van der Waals surface area contributed by atoms with Crippen molar-refractivity contribution in [2.45, 2.75) is 38.6 Å². The van der Waals surface area contributed by atoms with Crippen LogP contribution in [0.25, 0.3) is 0 Å². The van der Waals surface area contributed by atoms with E-state index < -0.39 is 0 Å². The average molecular weight is 271 g/mol. The van der Waals surface area contributed by atoms with Gasteiger partial charge in [-0.2, -0.15) is 0 Å². The van der Waals surface area contributed by atoms with Crippen molar-refractivity contribution in [3.8, 4) is 0 Å². The van der Waals surface area contributed by atoms with Crippen LogP contribution in [0, 0.1) is 0 Å². The molecule has 0 heterocycles. The second-order valence-corrected chi connectivity index (χ2v) is 4.90. The van der Waals surface area contributed by atoms with Crippen LogP contribution in [-0.4, -0.2) is 24.0 Å². The minimum Gasteiger partial charge on any atom is -0.394 e. The van der Waals surface area contributed by atoms with E-state index in [4.69, 9.17) is 0 Å². The van der Waals surface area contributed by atoms with Crippen molar-refractivity contribution in [3.63, 3.8) is 0 Å². The molecule has 0 spiro atoms. The number of benzene rings is 1. The van der Waals surface area contributed by atoms with E-state index >= 15 is 0 Å². The highest BCUT2D eigenvalue weighted by atomic mass is 16.3. The third-order valence-electron chi connectivity index (χ3n) is 3.14. The van der Waals surface area contributed by atoms with Gasteiger partial charge in [-0.15, -0.1) is 0 Å². The predicted octanol–water partition coefficient (Wildman–Crippen LogP) is 3.96. The van der Waals surface area contributed by atoms with Crippen LogP contribution in [-0.2, 0) is 6.42 Å². The van der Waals surface area contributed by atoms with Gasteiger partial charge in [-0.25, -0.2) is 0 Å². The van der Waals surface area contributed by atoms with Gasteiger partial charge in [-0.3, -0.25) is 4.99 Å². The van der Waals surface area contributed by atoms with E-state index in [2.05, 4.69) is 30.6 Å². The van der Waals surface area contributed by atoms with Crippen molar-refractivity contribution < 1.29 is 5.11 Å². The zero-order valence-electron chi connectivity index (χ0n) is 12.3. The predicted molar refractivity (Wildman–Crippen MR) is 87.3 cm³/mol. The largest absolute Gasteiger partial charge is 0.394 e. The Balaban J connectivity index is 2.67. The lowest BCUT2D eigenvalue weighted by molar-refractivity contribution is 0.259. The minimum absolute atomic E-state index is 0.0129. The molecule has 1 rings (SSSR count). The van der Waals surface area contributed by atoms with Crippen LogP contribution >= 0.6 is 0 Å². The topological polar surface area (TPSA) is 32.6 Å². The highest BCUT2D eigenvalue weighted by molar-refractivity contribution is 5.79. The standard InChI is InChI=1S/C18H25NO/c1-3-5-12-18(15-20)19-14-17(9-4-2)13-16-10-7-6-8-11-16/h4,6-11,14,18,20H,2-3,5,12-13,15H2,1H3/b17-9-,19-14?. The number of aliphatic hydroxyl groups is 1. The fourth-order valence-electron chi connectivity index (χ4n) is 1.98. The molecule has 1 aromatic rings. The van der Waals surface area contributed by atoms with E-state index in [1.54, 1.807) is 6.08 Å². The number of rotatable bonds is 9. The maximum absolute atomic E-state index is 9.33. The lowest BCUT2D eigenvalue weighted by atomic mass is 10.1. The van der Waals surface area contributed by atoms with Crippen LogP contribution in [0.5, 0.6) is 0 Å². The van der Waals surface area contributed by atoms with Crippen LogP contribution in [0.15, 0.2) is 59.6 Å². The molecule has 0 radical (unpaired) electrons. The number of unbranched alkanes of at least 4 members (excludes halogenated alkanes) is 1. The molecule has 2 nitrogen and oxygen atoms in total. The summed E-state index contributed by atoms with van der Waals surface area (Å²) in [6, 6.07) is 10.3. The smallest absolute Gasteiger partial charge is 0.0730 e. The van der Waals surface area contributed by atoms with Gasteiger partial charge in [0.05, 0.1) is 12.6 Å². The zero-order chi connectivity index (χ0) is 14.6. The Bertz CT molecular complexity index is 434. The molecule has 1 unspecified atom stereocenters. The van der Waals surface area contributed by atoms with Crippen LogP contribution in [0.1, 0.15) is 31.7 Å². The molecule has 1 aromatic carbocycles. The molecule has 1 N–H and O–H groups in total. The lowest BCUT2D eigenvalue weighted by Gasteiger charge is -2.08. The van der Waals surface area contributed by atoms with Gasteiger partial charge in [-0.05, 0) is 24.0 Å². The summed E-state index contributed by atoms with van der Waals surface area (Å²) in [5.74, 6) is 0. The van der Waals surface area contributed by atoms with E-state index in [0.717, 1.165) is 31.3 Å². The number of allylic oxidation sites excluding steroid dienone is 3. The Morgan fingerprint density at radius 3 is 2.70 bits per heavy atom. The van der Waals surface area contributed by atoms with Gasteiger partial charge in [0.1, 0.15) is 0 Å². The van der Waals surface area contributed by atoms with Crippen LogP contribution < -0.4 is 0 Å². The summed E-state index contributed by atoms with van der Waals surface area (Å²) in [6.07, 6.45) is 9.64. The molecule has 0 aliphatic carbocycles. The summed E-state index contributed by atoms with van der Waals surface area (Å²) in [5, 5.41) is 9.33. The Morgan fingerprint density at radius 2 is 2.10 bits per heavy atom. The third-order valence-corrected chi connectivity index (χ3v) is 3.14. The van der Waals surface area contributed by atoms with Gasteiger partial charge in [-0.1, -0.05) is 68.8 Å². The van der Waals surface area contributed by atoms with Gasteiger partial charge < -0.3 is 5.11 Å². The Morgan fingerprint density at radius 1 is 1.35 bits per heavy atom. The molecule has 0 aliphatic heterocycles. The second-order valence-electron chi connectivity index (χ2n) is 4.90. The van der Waals surface area contributed by atoms with Gasteiger partial charge in [0.25, 0.3) is 0 Å². The first-order chi connectivity index (χ1) is 9.80. The Labute approximate surface area is 122 Å². The van der Waals surface area contributed by atoms with E-state index in [9.17, 15) is 5.11 Å². The van der Waals surface area contributed by atoms with Gasteiger partial charge >= 0.3 is 0 Å². The van der Waals surface area contributed by atoms with Crippen LogP contribution in [0.3, 0.4) is 0 Å². The number of nitrogens with zero attached hydrogens (tertiary/aromatic N) is 1. The normalized spacial score (nSPS) is 13.6. The molecular weight excluding hydrogens is 246 g/mol. The highest BCUT2D eigenvalue weighted by Gasteiger charge is 2.03. The van der Waals surface area contributed by atoms with Gasteiger partial charge in [0.15, 0.2) is 0 Å².